The first-order chi connectivity index (χ1) is 7.77. The summed E-state index contributed by atoms with van der Waals surface area (Å²) in [5.41, 5.74) is 1.19. The van der Waals surface area contributed by atoms with Crippen LogP contribution >= 0.6 is 27.7 Å². The highest BCUT2D eigenvalue weighted by atomic mass is 79.9. The molecule has 0 aliphatic carbocycles. The lowest BCUT2D eigenvalue weighted by atomic mass is 10.2. The van der Waals surface area contributed by atoms with Gasteiger partial charge in [-0.2, -0.15) is 11.8 Å². The van der Waals surface area contributed by atoms with E-state index in [0.717, 1.165) is 34.9 Å². The molecule has 0 saturated carbocycles. The Morgan fingerprint density at radius 2 is 2.25 bits per heavy atom. The van der Waals surface area contributed by atoms with Crippen LogP contribution in [0.3, 0.4) is 0 Å². The first kappa shape index (κ1) is 13.9. The van der Waals surface area contributed by atoms with E-state index < -0.39 is 0 Å². The number of nitrogens with one attached hydrogen (secondary N) is 1. The molecule has 4 heteroatoms. The van der Waals surface area contributed by atoms with Crippen molar-refractivity contribution in [1.29, 1.82) is 0 Å². The molecule has 0 amide bonds. The van der Waals surface area contributed by atoms with E-state index in [1.54, 1.807) is 0 Å². The van der Waals surface area contributed by atoms with Gasteiger partial charge in [-0.15, -0.1) is 0 Å². The van der Waals surface area contributed by atoms with Gasteiger partial charge < -0.3 is 10.1 Å². The Balaban J connectivity index is 2.56. The van der Waals surface area contributed by atoms with Crippen LogP contribution in [0.25, 0.3) is 0 Å². The van der Waals surface area contributed by atoms with E-state index in [0.29, 0.717) is 0 Å². The SMILES string of the molecule is CCSCCOc1ccc(Br)cc1CNC. The summed E-state index contributed by atoms with van der Waals surface area (Å²) in [6.07, 6.45) is 0. The molecule has 1 rings (SSSR count). The van der Waals surface area contributed by atoms with Crippen molar-refractivity contribution in [1.82, 2.24) is 5.32 Å². The third-order valence-corrected chi connectivity index (χ3v) is 3.44. The summed E-state index contributed by atoms with van der Waals surface area (Å²) in [6.45, 7) is 3.77. The summed E-state index contributed by atoms with van der Waals surface area (Å²) in [5.74, 6) is 3.17. The molecule has 0 aromatic heterocycles. The molecule has 0 spiro atoms. The van der Waals surface area contributed by atoms with Gasteiger partial charge in [-0.05, 0) is 31.0 Å². The van der Waals surface area contributed by atoms with Crippen molar-refractivity contribution in [3.63, 3.8) is 0 Å². The van der Waals surface area contributed by atoms with Crippen molar-refractivity contribution in [3.8, 4) is 5.75 Å². The van der Waals surface area contributed by atoms with E-state index in [1.807, 2.05) is 30.9 Å². The molecule has 0 atom stereocenters. The predicted octanol–water partition coefficient (Wildman–Crippen LogP) is 3.30. The lowest BCUT2D eigenvalue weighted by Crippen LogP contribution is -2.09. The molecule has 1 aromatic carbocycles. The van der Waals surface area contributed by atoms with E-state index in [9.17, 15) is 0 Å². The van der Waals surface area contributed by atoms with E-state index >= 15 is 0 Å². The lowest BCUT2D eigenvalue weighted by Gasteiger charge is -2.11. The highest BCUT2D eigenvalue weighted by molar-refractivity contribution is 9.10. The second kappa shape index (κ2) is 7.98. The number of thioether (sulfide) groups is 1. The summed E-state index contributed by atoms with van der Waals surface area (Å²) < 4.78 is 6.86. The summed E-state index contributed by atoms with van der Waals surface area (Å²) in [6, 6.07) is 6.13. The largest absolute Gasteiger partial charge is 0.492 e. The van der Waals surface area contributed by atoms with E-state index in [-0.39, 0.29) is 0 Å². The van der Waals surface area contributed by atoms with Crippen LogP contribution in [0, 0.1) is 0 Å². The number of hydrogen-bond donors (Lipinski definition) is 1. The molecule has 0 fully saturated rings. The van der Waals surface area contributed by atoms with E-state index in [4.69, 9.17) is 4.74 Å². The maximum absolute atomic E-state index is 5.77. The van der Waals surface area contributed by atoms with Crippen LogP contribution in [0.4, 0.5) is 0 Å². The van der Waals surface area contributed by atoms with Gasteiger partial charge in [0.25, 0.3) is 0 Å². The minimum Gasteiger partial charge on any atom is -0.492 e. The molecule has 0 heterocycles. The normalized spacial score (nSPS) is 10.4. The van der Waals surface area contributed by atoms with Gasteiger partial charge in [0.2, 0.25) is 0 Å². The van der Waals surface area contributed by atoms with Gasteiger partial charge in [0, 0.05) is 22.3 Å². The Hall–Kier alpha value is -0.190. The van der Waals surface area contributed by atoms with Crippen LogP contribution in [-0.4, -0.2) is 25.2 Å². The Morgan fingerprint density at radius 1 is 1.44 bits per heavy atom. The average Bonchev–Trinajstić information content (AvgIpc) is 2.27. The Kier molecular flexibility index (Phi) is 6.92. The quantitative estimate of drug-likeness (QED) is 0.781. The van der Waals surface area contributed by atoms with Gasteiger partial charge in [-0.1, -0.05) is 22.9 Å². The zero-order valence-corrected chi connectivity index (χ0v) is 12.2. The fourth-order valence-corrected chi connectivity index (χ4v) is 2.27. The third kappa shape index (κ3) is 4.76. The minimum atomic E-state index is 0.775. The number of benzene rings is 1. The monoisotopic (exact) mass is 303 g/mol. The second-order valence-electron chi connectivity index (χ2n) is 3.33. The fourth-order valence-electron chi connectivity index (χ4n) is 1.37. The first-order valence-electron chi connectivity index (χ1n) is 5.41. The second-order valence-corrected chi connectivity index (χ2v) is 5.64. The molecule has 0 radical (unpaired) electrons. The van der Waals surface area contributed by atoms with E-state index in [2.05, 4.69) is 34.2 Å². The summed E-state index contributed by atoms with van der Waals surface area (Å²) in [4.78, 5) is 0. The van der Waals surface area contributed by atoms with Crippen molar-refractivity contribution < 1.29 is 4.74 Å². The zero-order chi connectivity index (χ0) is 11.8. The molecule has 0 saturated heterocycles. The molecular weight excluding hydrogens is 286 g/mol. The van der Waals surface area contributed by atoms with Gasteiger partial charge in [-0.3, -0.25) is 0 Å². The van der Waals surface area contributed by atoms with E-state index in [1.165, 1.54) is 5.56 Å². The van der Waals surface area contributed by atoms with Crippen LogP contribution in [0.15, 0.2) is 22.7 Å². The van der Waals surface area contributed by atoms with Gasteiger partial charge >= 0.3 is 0 Å². The van der Waals surface area contributed by atoms with Crippen LogP contribution in [0.5, 0.6) is 5.75 Å². The van der Waals surface area contributed by atoms with Crippen LogP contribution < -0.4 is 10.1 Å². The van der Waals surface area contributed by atoms with Crippen LogP contribution in [0.2, 0.25) is 0 Å². The highest BCUT2D eigenvalue weighted by Crippen LogP contribution is 2.23. The maximum atomic E-state index is 5.77. The third-order valence-electron chi connectivity index (χ3n) is 2.08. The van der Waals surface area contributed by atoms with Crippen LogP contribution in [0.1, 0.15) is 12.5 Å². The minimum absolute atomic E-state index is 0.775. The molecule has 1 aromatic rings. The summed E-state index contributed by atoms with van der Waals surface area (Å²) >= 11 is 5.37. The maximum Gasteiger partial charge on any atom is 0.123 e. The zero-order valence-electron chi connectivity index (χ0n) is 9.75. The van der Waals surface area contributed by atoms with Gasteiger partial charge in [0.05, 0.1) is 6.61 Å². The molecule has 2 nitrogen and oxygen atoms in total. The number of halogens is 1. The van der Waals surface area contributed by atoms with Crippen molar-refractivity contribution in [2.75, 3.05) is 25.2 Å². The molecular formula is C12H18BrNOS. The summed E-state index contributed by atoms with van der Waals surface area (Å²) in [5, 5.41) is 3.15. The molecule has 16 heavy (non-hydrogen) atoms. The Morgan fingerprint density at radius 3 is 2.94 bits per heavy atom. The lowest BCUT2D eigenvalue weighted by molar-refractivity contribution is 0.339. The number of hydrogen-bond acceptors (Lipinski definition) is 3. The fraction of sp³-hybridized carbons (Fsp3) is 0.500. The standard InChI is InChI=1S/C12H18BrNOS/c1-3-16-7-6-15-12-5-4-11(13)8-10(12)9-14-2/h4-5,8,14H,3,6-7,9H2,1-2H3. The topological polar surface area (TPSA) is 21.3 Å². The summed E-state index contributed by atoms with van der Waals surface area (Å²) in [7, 11) is 1.94. The average molecular weight is 304 g/mol. The van der Waals surface area contributed by atoms with Gasteiger partial charge in [-0.25, -0.2) is 0 Å². The predicted molar refractivity (Wildman–Crippen MR) is 75.4 cm³/mol. The molecule has 0 aliphatic rings. The van der Waals surface area contributed by atoms with Crippen molar-refractivity contribution in [3.05, 3.63) is 28.2 Å². The smallest absolute Gasteiger partial charge is 0.123 e. The van der Waals surface area contributed by atoms with Gasteiger partial charge in [0.1, 0.15) is 5.75 Å². The molecule has 0 unspecified atom stereocenters. The first-order valence-corrected chi connectivity index (χ1v) is 7.36. The Bertz CT molecular complexity index is 320. The molecule has 1 N–H and O–H groups in total. The van der Waals surface area contributed by atoms with Crippen molar-refractivity contribution in [2.45, 2.75) is 13.5 Å². The molecule has 0 aliphatic heterocycles. The van der Waals surface area contributed by atoms with Crippen molar-refractivity contribution >= 4 is 27.7 Å². The highest BCUT2D eigenvalue weighted by Gasteiger charge is 2.03. The number of rotatable bonds is 7. The molecule has 0 bridgehead atoms. The van der Waals surface area contributed by atoms with Crippen molar-refractivity contribution in [2.24, 2.45) is 0 Å². The Labute approximate surface area is 110 Å². The van der Waals surface area contributed by atoms with Gasteiger partial charge in [0.15, 0.2) is 0 Å². The number of ether oxygens (including phenoxy) is 1. The van der Waals surface area contributed by atoms with Crippen LogP contribution in [-0.2, 0) is 6.54 Å². The molecule has 90 valence electrons.